The van der Waals surface area contributed by atoms with Crippen LogP contribution in [0.4, 0.5) is 0 Å². The lowest BCUT2D eigenvalue weighted by Gasteiger charge is -2.00. The van der Waals surface area contributed by atoms with Gasteiger partial charge in [0.15, 0.2) is 5.82 Å². The third-order valence-corrected chi connectivity index (χ3v) is 2.49. The van der Waals surface area contributed by atoms with Crippen molar-refractivity contribution >= 4 is 12.2 Å². The summed E-state index contributed by atoms with van der Waals surface area (Å²) in [5, 5.41) is 11.1. The van der Waals surface area contributed by atoms with Crippen LogP contribution in [0.1, 0.15) is 11.4 Å². The quantitative estimate of drug-likeness (QED) is 0.742. The number of H-pyrrole nitrogens is 1. The van der Waals surface area contributed by atoms with Gasteiger partial charge < -0.3 is 0 Å². The summed E-state index contributed by atoms with van der Waals surface area (Å²) in [7, 11) is 1.83. The van der Waals surface area contributed by atoms with Gasteiger partial charge in [-0.3, -0.25) is 9.78 Å². The Morgan fingerprint density at radius 1 is 1.33 bits per heavy atom. The van der Waals surface area contributed by atoms with Crippen molar-refractivity contribution in [2.24, 2.45) is 7.05 Å². The van der Waals surface area contributed by atoms with Crippen molar-refractivity contribution in [3.63, 3.8) is 0 Å². The summed E-state index contributed by atoms with van der Waals surface area (Å²) in [6, 6.07) is 1.94. The molecule has 0 saturated heterocycles. The van der Waals surface area contributed by atoms with Gasteiger partial charge in [-0.1, -0.05) is 0 Å². The first kappa shape index (κ1) is 9.97. The standard InChI is InChI=1S/C9H11N5S/c1-5-4-7(6(2)12-11-5)8-10-9(15)14(3)13-8/h4H,1-3H3,(H,10,13,15). The second kappa shape index (κ2) is 3.54. The predicted octanol–water partition coefficient (Wildman–Crippen LogP) is 1.55. The number of aromatic amines is 1. The average Bonchev–Trinajstić information content (AvgIpc) is 2.51. The van der Waals surface area contributed by atoms with Crippen LogP contribution < -0.4 is 0 Å². The Bertz CT molecular complexity index is 554. The highest BCUT2D eigenvalue weighted by atomic mass is 32.1. The highest BCUT2D eigenvalue weighted by Gasteiger charge is 2.08. The van der Waals surface area contributed by atoms with Gasteiger partial charge in [-0.25, -0.2) is 0 Å². The van der Waals surface area contributed by atoms with Crippen molar-refractivity contribution in [3.8, 4) is 11.4 Å². The molecule has 78 valence electrons. The molecule has 1 N–H and O–H groups in total. The Hall–Kier alpha value is -1.56. The second-order valence-corrected chi connectivity index (χ2v) is 3.76. The van der Waals surface area contributed by atoms with Crippen molar-refractivity contribution in [1.82, 2.24) is 25.0 Å². The van der Waals surface area contributed by atoms with Crippen LogP contribution in [0, 0.1) is 18.6 Å². The second-order valence-electron chi connectivity index (χ2n) is 3.40. The highest BCUT2D eigenvalue weighted by molar-refractivity contribution is 7.71. The van der Waals surface area contributed by atoms with E-state index in [2.05, 4.69) is 20.3 Å². The molecule has 6 heteroatoms. The van der Waals surface area contributed by atoms with Gasteiger partial charge in [0.25, 0.3) is 0 Å². The van der Waals surface area contributed by atoms with Crippen LogP contribution in [-0.4, -0.2) is 25.0 Å². The van der Waals surface area contributed by atoms with E-state index in [9.17, 15) is 0 Å². The van der Waals surface area contributed by atoms with Crippen LogP contribution in [0.15, 0.2) is 6.07 Å². The molecule has 2 aromatic heterocycles. The monoisotopic (exact) mass is 221 g/mol. The number of aromatic nitrogens is 5. The first-order valence-electron chi connectivity index (χ1n) is 4.52. The summed E-state index contributed by atoms with van der Waals surface area (Å²) >= 11 is 5.03. The molecular formula is C9H11N5S. The van der Waals surface area contributed by atoms with Gasteiger partial charge in [-0.2, -0.15) is 15.2 Å². The Kier molecular flexibility index (Phi) is 2.36. The number of aryl methyl sites for hydroxylation is 3. The Morgan fingerprint density at radius 3 is 2.67 bits per heavy atom. The van der Waals surface area contributed by atoms with E-state index in [1.54, 1.807) is 4.68 Å². The van der Waals surface area contributed by atoms with E-state index in [0.29, 0.717) is 4.77 Å². The fourth-order valence-electron chi connectivity index (χ4n) is 1.31. The summed E-state index contributed by atoms with van der Waals surface area (Å²) in [6.07, 6.45) is 0. The van der Waals surface area contributed by atoms with E-state index in [1.807, 2.05) is 27.0 Å². The van der Waals surface area contributed by atoms with Gasteiger partial charge in [-0.15, -0.1) is 0 Å². The highest BCUT2D eigenvalue weighted by Crippen LogP contribution is 2.17. The van der Waals surface area contributed by atoms with E-state index in [-0.39, 0.29) is 0 Å². The maximum atomic E-state index is 5.03. The molecule has 0 fully saturated rings. The van der Waals surface area contributed by atoms with Gasteiger partial charge in [0.1, 0.15) is 0 Å². The first-order valence-corrected chi connectivity index (χ1v) is 4.93. The Labute approximate surface area is 92.2 Å². The lowest BCUT2D eigenvalue weighted by atomic mass is 10.2. The molecule has 2 heterocycles. The molecule has 0 aliphatic carbocycles. The molecule has 0 aromatic carbocycles. The number of hydrogen-bond acceptors (Lipinski definition) is 4. The lowest BCUT2D eigenvalue weighted by molar-refractivity contribution is 0.755. The number of hydrogen-bond donors (Lipinski definition) is 1. The van der Waals surface area contributed by atoms with Gasteiger partial charge >= 0.3 is 0 Å². The summed E-state index contributed by atoms with van der Waals surface area (Å²) in [5.74, 6) is 0.734. The van der Waals surface area contributed by atoms with Crippen LogP contribution >= 0.6 is 12.2 Å². The summed E-state index contributed by atoms with van der Waals surface area (Å²) in [6.45, 7) is 3.79. The molecule has 0 bridgehead atoms. The summed E-state index contributed by atoms with van der Waals surface area (Å²) in [4.78, 5) is 4.24. The fourth-order valence-corrected chi connectivity index (χ4v) is 1.45. The third-order valence-electron chi connectivity index (χ3n) is 2.12. The van der Waals surface area contributed by atoms with Crippen molar-refractivity contribution in [1.29, 1.82) is 0 Å². The predicted molar refractivity (Wildman–Crippen MR) is 58.9 cm³/mol. The number of rotatable bonds is 1. The minimum atomic E-state index is 0.527. The zero-order valence-electron chi connectivity index (χ0n) is 8.77. The molecule has 0 atom stereocenters. The fraction of sp³-hybridized carbons (Fsp3) is 0.333. The van der Waals surface area contributed by atoms with Crippen molar-refractivity contribution in [2.75, 3.05) is 0 Å². The maximum Gasteiger partial charge on any atom is 0.216 e. The SMILES string of the molecule is Cc1cc(-c2nc(=S)n(C)[nH]2)c(C)nn1. The molecule has 0 unspecified atom stereocenters. The zero-order valence-corrected chi connectivity index (χ0v) is 9.59. The maximum absolute atomic E-state index is 5.03. The molecule has 0 aliphatic rings. The van der Waals surface area contributed by atoms with E-state index < -0.39 is 0 Å². The molecule has 0 saturated carbocycles. The molecule has 0 aliphatic heterocycles. The molecule has 0 spiro atoms. The van der Waals surface area contributed by atoms with Gasteiger partial charge in [-0.05, 0) is 32.1 Å². The van der Waals surface area contributed by atoms with Gasteiger partial charge in [0.05, 0.1) is 11.4 Å². The normalized spacial score (nSPS) is 10.6. The van der Waals surface area contributed by atoms with Crippen LogP contribution in [0.25, 0.3) is 11.4 Å². The van der Waals surface area contributed by atoms with Gasteiger partial charge in [0.2, 0.25) is 4.77 Å². The van der Waals surface area contributed by atoms with Gasteiger partial charge in [0, 0.05) is 12.6 Å². The molecule has 5 nitrogen and oxygen atoms in total. The minimum absolute atomic E-state index is 0.527. The van der Waals surface area contributed by atoms with Crippen molar-refractivity contribution in [3.05, 3.63) is 22.2 Å². The van der Waals surface area contributed by atoms with E-state index >= 15 is 0 Å². The van der Waals surface area contributed by atoms with E-state index in [0.717, 1.165) is 22.8 Å². The number of nitrogens with zero attached hydrogens (tertiary/aromatic N) is 4. The molecule has 2 rings (SSSR count). The van der Waals surface area contributed by atoms with Crippen LogP contribution in [0.2, 0.25) is 0 Å². The molecule has 0 amide bonds. The summed E-state index contributed by atoms with van der Waals surface area (Å²) in [5.41, 5.74) is 2.64. The smallest absolute Gasteiger partial charge is 0.216 e. The summed E-state index contributed by atoms with van der Waals surface area (Å²) < 4.78 is 2.22. The van der Waals surface area contributed by atoms with Crippen molar-refractivity contribution < 1.29 is 0 Å². The third kappa shape index (κ3) is 1.80. The number of nitrogens with one attached hydrogen (secondary N) is 1. The largest absolute Gasteiger partial charge is 0.279 e. The molecule has 15 heavy (non-hydrogen) atoms. The van der Waals surface area contributed by atoms with E-state index in [4.69, 9.17) is 12.2 Å². The lowest BCUT2D eigenvalue weighted by Crippen LogP contribution is -1.96. The van der Waals surface area contributed by atoms with Crippen LogP contribution in [0.5, 0.6) is 0 Å². The average molecular weight is 221 g/mol. The minimum Gasteiger partial charge on any atom is -0.279 e. The first-order chi connectivity index (χ1) is 7.08. The Balaban J connectivity index is 2.63. The van der Waals surface area contributed by atoms with Crippen LogP contribution in [-0.2, 0) is 7.05 Å². The zero-order chi connectivity index (χ0) is 11.0. The van der Waals surface area contributed by atoms with Crippen molar-refractivity contribution in [2.45, 2.75) is 13.8 Å². The topological polar surface area (TPSA) is 59.4 Å². The van der Waals surface area contributed by atoms with E-state index in [1.165, 1.54) is 0 Å². The molecular weight excluding hydrogens is 210 g/mol. The Morgan fingerprint density at radius 2 is 2.07 bits per heavy atom. The molecule has 0 radical (unpaired) electrons. The van der Waals surface area contributed by atoms with Crippen LogP contribution in [0.3, 0.4) is 0 Å². The molecule has 2 aromatic rings.